The van der Waals surface area contributed by atoms with Gasteiger partial charge in [-0.1, -0.05) is 20.8 Å². The molecule has 0 aromatic heterocycles. The van der Waals surface area contributed by atoms with E-state index >= 15 is 0 Å². The molecule has 0 bridgehead atoms. The Bertz CT molecular complexity index is 100.0. The molecule has 0 aromatic carbocycles. The lowest BCUT2D eigenvalue weighted by Crippen LogP contribution is -2.15. The van der Waals surface area contributed by atoms with Gasteiger partial charge < -0.3 is 5.11 Å². The van der Waals surface area contributed by atoms with Crippen molar-refractivity contribution < 1.29 is 9.90 Å². The van der Waals surface area contributed by atoms with Crippen LogP contribution >= 0.6 is 0 Å². The van der Waals surface area contributed by atoms with E-state index in [1.165, 1.54) is 0 Å². The summed E-state index contributed by atoms with van der Waals surface area (Å²) in [6, 6.07) is 0. The molecule has 0 spiro atoms. The molecule has 0 saturated heterocycles. The van der Waals surface area contributed by atoms with Gasteiger partial charge in [0.05, 0.1) is 0 Å². The summed E-state index contributed by atoms with van der Waals surface area (Å²) in [5.74, 6) is -0.0810. The van der Waals surface area contributed by atoms with Crippen molar-refractivity contribution in [2.75, 3.05) is 6.61 Å². The molecule has 0 unspecified atom stereocenters. The summed E-state index contributed by atoms with van der Waals surface area (Å²) >= 11 is 0. The first-order valence-electron chi connectivity index (χ1n) is 3.08. The Hall–Kier alpha value is -0.370. The quantitative estimate of drug-likeness (QED) is 0.605. The Morgan fingerprint density at radius 3 is 2.00 bits per heavy atom. The molecule has 54 valence electrons. The molecule has 0 radical (unpaired) electrons. The minimum Gasteiger partial charge on any atom is -0.389 e. The van der Waals surface area contributed by atoms with Crippen molar-refractivity contribution in [1.82, 2.24) is 0 Å². The highest BCUT2D eigenvalue weighted by Gasteiger charge is 2.14. The smallest absolute Gasteiger partial charge is 0.158 e. The molecular weight excluding hydrogens is 116 g/mol. The van der Waals surface area contributed by atoms with Gasteiger partial charge >= 0.3 is 0 Å². The molecule has 2 nitrogen and oxygen atoms in total. The Labute approximate surface area is 55.9 Å². The predicted octanol–water partition coefficient (Wildman–Crippen LogP) is 0.984. The average Bonchev–Trinajstić information content (AvgIpc) is 1.62. The van der Waals surface area contributed by atoms with Crippen LogP contribution in [-0.4, -0.2) is 17.5 Å². The van der Waals surface area contributed by atoms with Crippen LogP contribution in [0, 0.1) is 5.41 Å². The molecule has 0 aliphatic heterocycles. The molecular formula is C7H14O2. The zero-order valence-corrected chi connectivity index (χ0v) is 6.27. The summed E-state index contributed by atoms with van der Waals surface area (Å²) in [4.78, 5) is 10.6. The average molecular weight is 130 g/mol. The molecule has 0 heterocycles. The van der Waals surface area contributed by atoms with Crippen LogP contribution in [0.2, 0.25) is 0 Å². The lowest BCUT2D eigenvalue weighted by atomic mass is 9.90. The topological polar surface area (TPSA) is 37.3 Å². The zero-order valence-electron chi connectivity index (χ0n) is 6.27. The van der Waals surface area contributed by atoms with Crippen molar-refractivity contribution in [2.24, 2.45) is 5.41 Å². The minimum atomic E-state index is -0.322. The Morgan fingerprint density at radius 1 is 1.44 bits per heavy atom. The Balaban J connectivity index is 3.60. The van der Waals surface area contributed by atoms with Crippen LogP contribution in [0.4, 0.5) is 0 Å². The van der Waals surface area contributed by atoms with Crippen LogP contribution in [-0.2, 0) is 4.79 Å². The molecule has 1 N–H and O–H groups in total. The van der Waals surface area contributed by atoms with Gasteiger partial charge in [-0.15, -0.1) is 0 Å². The van der Waals surface area contributed by atoms with E-state index in [2.05, 4.69) is 0 Å². The van der Waals surface area contributed by atoms with Crippen LogP contribution in [0.3, 0.4) is 0 Å². The van der Waals surface area contributed by atoms with Gasteiger partial charge in [-0.25, -0.2) is 0 Å². The number of carbonyl (C=O) groups is 1. The maximum absolute atomic E-state index is 10.6. The second-order valence-electron chi connectivity index (χ2n) is 3.43. The van der Waals surface area contributed by atoms with Crippen molar-refractivity contribution in [3.63, 3.8) is 0 Å². The highest BCUT2D eigenvalue weighted by Crippen LogP contribution is 2.17. The minimum absolute atomic E-state index is 0.0137. The van der Waals surface area contributed by atoms with Gasteiger partial charge in [-0.05, 0) is 5.41 Å². The highest BCUT2D eigenvalue weighted by atomic mass is 16.3. The van der Waals surface area contributed by atoms with E-state index in [0.717, 1.165) is 0 Å². The Morgan fingerprint density at radius 2 is 1.89 bits per heavy atom. The number of hydrogen-bond donors (Lipinski definition) is 1. The molecule has 0 amide bonds. The fraction of sp³-hybridized carbons (Fsp3) is 0.857. The molecule has 0 aromatic rings. The van der Waals surface area contributed by atoms with Crippen LogP contribution in [0.25, 0.3) is 0 Å². The fourth-order valence-electron chi connectivity index (χ4n) is 0.647. The van der Waals surface area contributed by atoms with Gasteiger partial charge in [0.15, 0.2) is 5.78 Å². The molecule has 0 rings (SSSR count). The predicted molar refractivity (Wildman–Crippen MR) is 36.2 cm³/mol. The monoisotopic (exact) mass is 130 g/mol. The van der Waals surface area contributed by atoms with E-state index in [9.17, 15) is 4.79 Å². The summed E-state index contributed by atoms with van der Waals surface area (Å²) in [7, 11) is 0. The van der Waals surface area contributed by atoms with E-state index in [4.69, 9.17) is 5.11 Å². The van der Waals surface area contributed by atoms with Gasteiger partial charge in [0.2, 0.25) is 0 Å². The number of carbonyl (C=O) groups excluding carboxylic acids is 1. The molecule has 2 heteroatoms. The molecule has 0 fully saturated rings. The fourth-order valence-corrected chi connectivity index (χ4v) is 0.647. The second kappa shape index (κ2) is 2.97. The normalized spacial score (nSPS) is 11.6. The highest BCUT2D eigenvalue weighted by molar-refractivity contribution is 5.79. The van der Waals surface area contributed by atoms with Gasteiger partial charge in [0.25, 0.3) is 0 Å². The molecule has 0 aliphatic carbocycles. The first-order valence-corrected chi connectivity index (χ1v) is 3.08. The van der Waals surface area contributed by atoms with Crippen molar-refractivity contribution in [2.45, 2.75) is 27.2 Å². The van der Waals surface area contributed by atoms with Crippen molar-refractivity contribution >= 4 is 5.78 Å². The summed E-state index contributed by atoms with van der Waals surface area (Å²) in [6.07, 6.45) is 0.462. The summed E-state index contributed by atoms with van der Waals surface area (Å²) in [5, 5.41) is 8.35. The number of aliphatic hydroxyl groups is 1. The molecule has 0 aliphatic rings. The third kappa shape index (κ3) is 5.50. The first-order chi connectivity index (χ1) is 3.95. The summed E-state index contributed by atoms with van der Waals surface area (Å²) in [6.45, 7) is 5.60. The number of rotatable bonds is 2. The third-order valence-corrected chi connectivity index (χ3v) is 0.904. The van der Waals surface area contributed by atoms with E-state index in [1.807, 2.05) is 20.8 Å². The maximum atomic E-state index is 10.6. The lowest BCUT2D eigenvalue weighted by Gasteiger charge is -2.15. The van der Waals surface area contributed by atoms with E-state index in [-0.39, 0.29) is 17.8 Å². The van der Waals surface area contributed by atoms with Gasteiger partial charge in [-0.2, -0.15) is 0 Å². The van der Waals surface area contributed by atoms with Gasteiger partial charge in [0, 0.05) is 6.42 Å². The number of aliphatic hydroxyl groups excluding tert-OH is 1. The van der Waals surface area contributed by atoms with E-state index in [1.54, 1.807) is 0 Å². The SMILES string of the molecule is CC(C)(C)CC(=O)CO. The van der Waals surface area contributed by atoms with Gasteiger partial charge in [0.1, 0.15) is 6.61 Å². The molecule has 9 heavy (non-hydrogen) atoms. The van der Waals surface area contributed by atoms with Crippen LogP contribution in [0.15, 0.2) is 0 Å². The zero-order chi connectivity index (χ0) is 7.49. The van der Waals surface area contributed by atoms with Crippen LogP contribution < -0.4 is 0 Å². The van der Waals surface area contributed by atoms with Gasteiger partial charge in [-0.3, -0.25) is 4.79 Å². The van der Waals surface area contributed by atoms with Crippen molar-refractivity contribution in [3.8, 4) is 0 Å². The number of Topliss-reactive ketones (excluding diaryl/α,β-unsaturated/α-hetero) is 1. The van der Waals surface area contributed by atoms with Crippen molar-refractivity contribution in [1.29, 1.82) is 0 Å². The number of ketones is 1. The van der Waals surface area contributed by atoms with E-state index < -0.39 is 0 Å². The first kappa shape index (κ1) is 8.63. The van der Waals surface area contributed by atoms with Crippen LogP contribution in [0.1, 0.15) is 27.2 Å². The molecule has 0 saturated carbocycles. The number of hydrogen-bond acceptors (Lipinski definition) is 2. The summed E-state index contributed by atoms with van der Waals surface area (Å²) < 4.78 is 0. The van der Waals surface area contributed by atoms with E-state index in [0.29, 0.717) is 6.42 Å². The maximum Gasteiger partial charge on any atom is 0.158 e. The van der Waals surface area contributed by atoms with Crippen molar-refractivity contribution in [3.05, 3.63) is 0 Å². The largest absolute Gasteiger partial charge is 0.389 e. The van der Waals surface area contributed by atoms with Crippen LogP contribution in [0.5, 0.6) is 0 Å². The second-order valence-corrected chi connectivity index (χ2v) is 3.43. The lowest BCUT2D eigenvalue weighted by molar-refractivity contribution is -0.123. The Kier molecular flexibility index (Phi) is 2.85. The standard InChI is InChI=1S/C7H14O2/c1-7(2,3)4-6(9)5-8/h8H,4-5H2,1-3H3. The summed E-state index contributed by atoms with van der Waals surface area (Å²) in [5.41, 5.74) is 0.0137. The third-order valence-electron chi connectivity index (χ3n) is 0.904. The molecule has 0 atom stereocenters.